The zero-order chi connectivity index (χ0) is 31.7. The maximum atomic E-state index is 13.3. The number of carbonyl (C=O) groups is 2. The van der Waals surface area contributed by atoms with E-state index in [0.717, 1.165) is 18.2 Å². The molecule has 0 heterocycles. The molecular weight excluding hydrogens is 621 g/mol. The molecule has 0 bridgehead atoms. The number of amides is 2. The first-order valence-electron chi connectivity index (χ1n) is 12.8. The third-order valence-electron chi connectivity index (χ3n) is 5.84. The summed E-state index contributed by atoms with van der Waals surface area (Å²) in [7, 11) is -4.42. The lowest BCUT2D eigenvalue weighted by Crippen LogP contribution is -2.39. The maximum absolute atomic E-state index is 13.3. The minimum atomic E-state index is -4.73. The number of hydrazone groups is 1. The van der Waals surface area contributed by atoms with Crippen molar-refractivity contribution in [2.75, 3.05) is 22.8 Å². The summed E-state index contributed by atoms with van der Waals surface area (Å²) in [4.78, 5) is 24.6. The number of ether oxygens (including phenoxy) is 1. The van der Waals surface area contributed by atoms with Crippen LogP contribution in [0.4, 0.5) is 24.5 Å². The largest absolute Gasteiger partial charge is 0.484 e. The van der Waals surface area contributed by atoms with E-state index < -0.39 is 40.1 Å². The number of nitrogens with one attached hydrogen (secondary N) is 2. The van der Waals surface area contributed by atoms with Gasteiger partial charge in [0.25, 0.3) is 21.8 Å². The number of nitrogens with zero attached hydrogens (tertiary/aromatic N) is 2. The Balaban J connectivity index is 1.39. The molecule has 44 heavy (non-hydrogen) atoms. The van der Waals surface area contributed by atoms with Crippen molar-refractivity contribution in [3.63, 3.8) is 0 Å². The van der Waals surface area contributed by atoms with Gasteiger partial charge in [0.15, 0.2) is 6.61 Å². The minimum absolute atomic E-state index is 0.210. The first kappa shape index (κ1) is 32.0. The number of hydrogen-bond donors (Lipinski definition) is 2. The Kier molecular flexibility index (Phi) is 10.2. The highest BCUT2D eigenvalue weighted by atomic mass is 35.5. The van der Waals surface area contributed by atoms with Crippen molar-refractivity contribution in [3.8, 4) is 5.75 Å². The van der Waals surface area contributed by atoms with E-state index in [-0.39, 0.29) is 17.2 Å². The van der Waals surface area contributed by atoms with E-state index in [9.17, 15) is 31.2 Å². The Morgan fingerprint density at radius 2 is 1.59 bits per heavy atom. The summed E-state index contributed by atoms with van der Waals surface area (Å²) < 4.78 is 72.7. The molecule has 0 saturated carbocycles. The Labute approximate surface area is 256 Å². The number of alkyl halides is 3. The molecule has 4 aromatic rings. The van der Waals surface area contributed by atoms with Gasteiger partial charge >= 0.3 is 6.18 Å². The smallest absolute Gasteiger partial charge is 0.416 e. The molecule has 4 aromatic carbocycles. The second-order valence-electron chi connectivity index (χ2n) is 9.08. The van der Waals surface area contributed by atoms with Crippen molar-refractivity contribution < 1.29 is 35.9 Å². The summed E-state index contributed by atoms with van der Waals surface area (Å²) in [5.74, 6) is -0.909. The van der Waals surface area contributed by atoms with E-state index in [1.54, 1.807) is 54.6 Å². The van der Waals surface area contributed by atoms with Crippen LogP contribution in [-0.4, -0.2) is 39.6 Å². The fourth-order valence-corrected chi connectivity index (χ4v) is 5.40. The lowest BCUT2D eigenvalue weighted by atomic mass is 10.2. The Morgan fingerprint density at radius 1 is 0.886 bits per heavy atom. The predicted molar refractivity (Wildman–Crippen MR) is 160 cm³/mol. The first-order chi connectivity index (χ1) is 20.9. The Bertz CT molecular complexity index is 1750. The number of halogens is 4. The molecule has 2 N–H and O–H groups in total. The molecule has 14 heteroatoms. The van der Waals surface area contributed by atoms with Crippen LogP contribution in [0, 0.1) is 0 Å². The van der Waals surface area contributed by atoms with Gasteiger partial charge in [-0.25, -0.2) is 13.8 Å². The molecule has 2 amide bonds. The summed E-state index contributed by atoms with van der Waals surface area (Å²) >= 11 is 5.90. The molecule has 0 atom stereocenters. The third-order valence-corrected chi connectivity index (χ3v) is 7.86. The maximum Gasteiger partial charge on any atom is 0.416 e. The van der Waals surface area contributed by atoms with E-state index in [4.69, 9.17) is 16.3 Å². The van der Waals surface area contributed by atoms with Crippen LogP contribution in [-0.2, 0) is 25.8 Å². The highest BCUT2D eigenvalue weighted by Crippen LogP contribution is 2.33. The van der Waals surface area contributed by atoms with Gasteiger partial charge in [-0.15, -0.1) is 0 Å². The molecule has 0 saturated heterocycles. The summed E-state index contributed by atoms with van der Waals surface area (Å²) in [6, 6.07) is 23.7. The average molecular weight is 645 g/mol. The van der Waals surface area contributed by atoms with Gasteiger partial charge in [0.1, 0.15) is 12.3 Å². The quantitative estimate of drug-likeness (QED) is 0.160. The zero-order valence-corrected chi connectivity index (χ0v) is 24.2. The second kappa shape index (κ2) is 14.1. The number of carbonyl (C=O) groups excluding carboxylic acids is 2. The molecule has 0 aliphatic rings. The molecule has 0 unspecified atom stereocenters. The van der Waals surface area contributed by atoms with Gasteiger partial charge in [-0.3, -0.25) is 13.9 Å². The zero-order valence-electron chi connectivity index (χ0n) is 22.7. The number of hydrogen-bond acceptors (Lipinski definition) is 6. The minimum Gasteiger partial charge on any atom is -0.484 e. The van der Waals surface area contributed by atoms with Crippen LogP contribution in [0.15, 0.2) is 113 Å². The van der Waals surface area contributed by atoms with Gasteiger partial charge in [-0.05, 0) is 78.4 Å². The molecule has 0 spiro atoms. The van der Waals surface area contributed by atoms with Gasteiger partial charge in [0.05, 0.1) is 22.4 Å². The lowest BCUT2D eigenvalue weighted by Gasteiger charge is -2.24. The Morgan fingerprint density at radius 3 is 2.27 bits per heavy atom. The normalized spacial score (nSPS) is 11.6. The molecule has 228 valence electrons. The summed E-state index contributed by atoms with van der Waals surface area (Å²) in [5.41, 5.74) is 1.81. The molecule has 0 aromatic heterocycles. The molecule has 0 radical (unpaired) electrons. The molecule has 9 nitrogen and oxygen atoms in total. The molecular formula is C30H24ClF3N4O5S. The van der Waals surface area contributed by atoms with Gasteiger partial charge in [0, 0.05) is 10.7 Å². The van der Waals surface area contributed by atoms with E-state index in [1.165, 1.54) is 30.5 Å². The topological polar surface area (TPSA) is 117 Å². The number of benzene rings is 4. The number of rotatable bonds is 11. The van der Waals surface area contributed by atoms with Crippen LogP contribution in [0.3, 0.4) is 0 Å². The van der Waals surface area contributed by atoms with Gasteiger partial charge in [-0.2, -0.15) is 18.3 Å². The number of sulfonamides is 1. The van der Waals surface area contributed by atoms with E-state index in [1.807, 2.05) is 0 Å². The highest BCUT2D eigenvalue weighted by Gasteiger charge is 2.33. The molecule has 4 rings (SSSR count). The number of anilines is 2. The van der Waals surface area contributed by atoms with Crippen molar-refractivity contribution in [3.05, 3.63) is 119 Å². The lowest BCUT2D eigenvalue weighted by molar-refractivity contribution is -0.137. The van der Waals surface area contributed by atoms with E-state index in [0.29, 0.717) is 32.4 Å². The van der Waals surface area contributed by atoms with E-state index in [2.05, 4.69) is 15.8 Å². The molecule has 0 aliphatic heterocycles. The van der Waals surface area contributed by atoms with Gasteiger partial charge in [-0.1, -0.05) is 41.9 Å². The average Bonchev–Trinajstić information content (AvgIpc) is 2.99. The molecule has 0 fully saturated rings. The fraction of sp³-hybridized carbons (Fsp3) is 0.100. The predicted octanol–water partition coefficient (Wildman–Crippen LogP) is 5.72. The van der Waals surface area contributed by atoms with Crippen molar-refractivity contribution in [2.24, 2.45) is 5.10 Å². The summed E-state index contributed by atoms with van der Waals surface area (Å²) in [6.07, 6.45) is -3.46. The van der Waals surface area contributed by atoms with Crippen molar-refractivity contribution in [2.45, 2.75) is 11.1 Å². The van der Waals surface area contributed by atoms with Crippen LogP contribution in [0.1, 0.15) is 11.1 Å². The second-order valence-corrected chi connectivity index (χ2v) is 11.4. The first-order valence-corrected chi connectivity index (χ1v) is 14.6. The van der Waals surface area contributed by atoms with Crippen LogP contribution in [0.2, 0.25) is 5.02 Å². The highest BCUT2D eigenvalue weighted by molar-refractivity contribution is 7.92. The monoisotopic (exact) mass is 644 g/mol. The molecule has 0 aliphatic carbocycles. The Hall–Kier alpha value is -4.88. The van der Waals surface area contributed by atoms with Crippen molar-refractivity contribution in [1.82, 2.24) is 5.43 Å². The van der Waals surface area contributed by atoms with Crippen LogP contribution in [0.25, 0.3) is 0 Å². The summed E-state index contributed by atoms with van der Waals surface area (Å²) in [6.45, 7) is -1.11. The van der Waals surface area contributed by atoms with Crippen molar-refractivity contribution >= 4 is 51.0 Å². The SMILES string of the molecule is O=C(CN(c1cccc(C(F)(F)F)c1)S(=O)(=O)c1ccccc1)N/N=C\c1ccc(OCC(=O)Nc2cccc(Cl)c2)cc1. The van der Waals surface area contributed by atoms with Gasteiger partial charge in [0.2, 0.25) is 0 Å². The van der Waals surface area contributed by atoms with Crippen LogP contribution >= 0.6 is 11.6 Å². The fourth-order valence-electron chi connectivity index (χ4n) is 3.78. The van der Waals surface area contributed by atoms with Crippen LogP contribution < -0.4 is 19.8 Å². The van der Waals surface area contributed by atoms with Crippen LogP contribution in [0.5, 0.6) is 5.75 Å². The standard InChI is InChI=1S/C30H24ClF3N4O5S/c31-23-7-5-8-24(17-23)36-29(40)20-43-26-14-12-21(13-15-26)18-35-37-28(39)19-38(44(41,42)27-10-2-1-3-11-27)25-9-4-6-22(16-25)30(32,33)34/h1-18H,19-20H2,(H,36,40)(H,37,39)/b35-18-. The summed E-state index contributed by atoms with van der Waals surface area (Å²) in [5, 5.41) is 6.94. The van der Waals surface area contributed by atoms with Gasteiger partial charge < -0.3 is 10.1 Å². The van der Waals surface area contributed by atoms with Crippen molar-refractivity contribution in [1.29, 1.82) is 0 Å². The third kappa shape index (κ3) is 8.82. The van der Waals surface area contributed by atoms with E-state index >= 15 is 0 Å².